The highest BCUT2D eigenvalue weighted by molar-refractivity contribution is 5.89. The van der Waals surface area contributed by atoms with Crippen molar-refractivity contribution >= 4 is 5.82 Å². The van der Waals surface area contributed by atoms with Crippen LogP contribution < -0.4 is 15.2 Å². The van der Waals surface area contributed by atoms with Gasteiger partial charge in [-0.05, 0) is 23.3 Å². The van der Waals surface area contributed by atoms with Gasteiger partial charge in [0.25, 0.3) is 0 Å². The number of hydrogen-bond acceptors (Lipinski definition) is 4. The van der Waals surface area contributed by atoms with Crippen LogP contribution in [0.25, 0.3) is 22.4 Å². The summed E-state index contributed by atoms with van der Waals surface area (Å²) in [5.74, 6) is 1.94. The quantitative estimate of drug-likeness (QED) is 0.515. The summed E-state index contributed by atoms with van der Waals surface area (Å²) in [7, 11) is 3.25. The first-order valence-corrected chi connectivity index (χ1v) is 9.39. The lowest BCUT2D eigenvalue weighted by Crippen LogP contribution is -2.06. The van der Waals surface area contributed by atoms with E-state index in [4.69, 9.17) is 20.3 Å². The Kier molecular flexibility index (Phi) is 5.20. The zero-order chi connectivity index (χ0) is 20.2. The van der Waals surface area contributed by atoms with Crippen LogP contribution in [0, 0.1) is 0 Å². The fourth-order valence-corrected chi connectivity index (χ4v) is 3.43. The average Bonchev–Trinajstić information content (AvgIpc) is 3.10. The van der Waals surface area contributed by atoms with Gasteiger partial charge in [0.1, 0.15) is 11.5 Å². The minimum atomic E-state index is 0.597. The Morgan fingerprint density at radius 1 is 0.793 bits per heavy atom. The maximum absolute atomic E-state index is 6.61. The number of anilines is 1. The molecule has 0 bridgehead atoms. The van der Waals surface area contributed by atoms with Gasteiger partial charge in [0, 0.05) is 5.56 Å². The SMILES string of the molecule is COc1ccc(-c2c(-c3ccccc3)nn(Cc3ccccc3)c2N)cc1OC. The number of rotatable bonds is 6. The van der Waals surface area contributed by atoms with Gasteiger partial charge in [-0.3, -0.25) is 0 Å². The summed E-state index contributed by atoms with van der Waals surface area (Å²) < 4.78 is 12.7. The van der Waals surface area contributed by atoms with Crippen molar-refractivity contribution in [3.63, 3.8) is 0 Å². The maximum Gasteiger partial charge on any atom is 0.161 e. The van der Waals surface area contributed by atoms with Crippen LogP contribution in [0.1, 0.15) is 5.56 Å². The summed E-state index contributed by atoms with van der Waals surface area (Å²) in [5, 5.41) is 4.87. The molecule has 4 aromatic rings. The van der Waals surface area contributed by atoms with Crippen molar-refractivity contribution in [1.82, 2.24) is 9.78 Å². The first kappa shape index (κ1) is 18.6. The van der Waals surface area contributed by atoms with Gasteiger partial charge in [0.15, 0.2) is 11.5 Å². The van der Waals surface area contributed by atoms with E-state index < -0.39 is 0 Å². The standard InChI is InChI=1S/C24H23N3O2/c1-28-20-14-13-19(15-21(20)29-2)22-23(18-11-7-4-8-12-18)26-27(24(22)25)16-17-9-5-3-6-10-17/h3-15H,16,25H2,1-2H3. The van der Waals surface area contributed by atoms with Crippen LogP contribution in [-0.2, 0) is 6.54 Å². The van der Waals surface area contributed by atoms with Gasteiger partial charge < -0.3 is 15.2 Å². The molecule has 0 aliphatic rings. The third-order valence-corrected chi connectivity index (χ3v) is 4.89. The Morgan fingerprint density at radius 3 is 2.10 bits per heavy atom. The van der Waals surface area contributed by atoms with Crippen LogP contribution in [0.15, 0.2) is 78.9 Å². The number of nitrogen functional groups attached to an aromatic ring is 1. The van der Waals surface area contributed by atoms with Gasteiger partial charge in [-0.2, -0.15) is 5.10 Å². The molecule has 0 aliphatic heterocycles. The maximum atomic E-state index is 6.61. The predicted octanol–water partition coefficient (Wildman–Crippen LogP) is 4.86. The first-order valence-electron chi connectivity index (χ1n) is 9.39. The average molecular weight is 385 g/mol. The summed E-state index contributed by atoms with van der Waals surface area (Å²) in [4.78, 5) is 0. The fraction of sp³-hybridized carbons (Fsp3) is 0.125. The molecule has 0 atom stereocenters. The molecule has 29 heavy (non-hydrogen) atoms. The van der Waals surface area contributed by atoms with Gasteiger partial charge >= 0.3 is 0 Å². The number of nitrogens with zero attached hydrogens (tertiary/aromatic N) is 2. The third-order valence-electron chi connectivity index (χ3n) is 4.89. The van der Waals surface area contributed by atoms with E-state index in [9.17, 15) is 0 Å². The van der Waals surface area contributed by atoms with E-state index >= 15 is 0 Å². The van der Waals surface area contributed by atoms with Crippen molar-refractivity contribution in [3.05, 3.63) is 84.4 Å². The molecule has 0 aliphatic carbocycles. The largest absolute Gasteiger partial charge is 0.493 e. The molecular formula is C24H23N3O2. The first-order chi connectivity index (χ1) is 14.2. The molecule has 0 unspecified atom stereocenters. The zero-order valence-electron chi connectivity index (χ0n) is 16.5. The Labute approximate surface area is 170 Å². The van der Waals surface area contributed by atoms with Gasteiger partial charge in [0.2, 0.25) is 0 Å². The molecule has 2 N–H and O–H groups in total. The number of hydrogen-bond donors (Lipinski definition) is 1. The van der Waals surface area contributed by atoms with Gasteiger partial charge in [-0.1, -0.05) is 66.7 Å². The van der Waals surface area contributed by atoms with Crippen molar-refractivity contribution < 1.29 is 9.47 Å². The highest BCUT2D eigenvalue weighted by Crippen LogP contribution is 2.40. The molecule has 0 saturated heterocycles. The summed E-state index contributed by atoms with van der Waals surface area (Å²) in [5.41, 5.74) is 11.4. The smallest absolute Gasteiger partial charge is 0.161 e. The summed E-state index contributed by atoms with van der Waals surface area (Å²) in [6.07, 6.45) is 0. The normalized spacial score (nSPS) is 10.7. The molecular weight excluding hydrogens is 362 g/mol. The lowest BCUT2D eigenvalue weighted by molar-refractivity contribution is 0.355. The molecule has 0 amide bonds. The van der Waals surface area contributed by atoms with E-state index in [1.54, 1.807) is 14.2 Å². The predicted molar refractivity (Wildman–Crippen MR) is 116 cm³/mol. The lowest BCUT2D eigenvalue weighted by atomic mass is 10.0. The van der Waals surface area contributed by atoms with E-state index in [1.807, 2.05) is 71.4 Å². The lowest BCUT2D eigenvalue weighted by Gasteiger charge is -2.11. The second-order valence-corrected chi connectivity index (χ2v) is 6.69. The van der Waals surface area contributed by atoms with Crippen LogP contribution >= 0.6 is 0 Å². The molecule has 4 rings (SSSR count). The molecule has 3 aromatic carbocycles. The minimum Gasteiger partial charge on any atom is -0.493 e. The summed E-state index contributed by atoms with van der Waals surface area (Å²) in [6, 6.07) is 26.0. The number of benzene rings is 3. The second kappa shape index (κ2) is 8.10. The third kappa shape index (κ3) is 3.67. The highest BCUT2D eigenvalue weighted by atomic mass is 16.5. The van der Waals surface area contributed by atoms with Gasteiger partial charge in [-0.15, -0.1) is 0 Å². The van der Waals surface area contributed by atoms with Crippen molar-refractivity contribution in [2.24, 2.45) is 0 Å². The number of nitrogens with two attached hydrogens (primary N) is 1. The highest BCUT2D eigenvalue weighted by Gasteiger charge is 2.20. The zero-order valence-corrected chi connectivity index (χ0v) is 16.5. The number of ether oxygens (including phenoxy) is 2. The van der Waals surface area contributed by atoms with E-state index in [-0.39, 0.29) is 0 Å². The topological polar surface area (TPSA) is 62.3 Å². The fourth-order valence-electron chi connectivity index (χ4n) is 3.43. The van der Waals surface area contributed by atoms with Crippen molar-refractivity contribution in [1.29, 1.82) is 0 Å². The molecule has 1 heterocycles. The summed E-state index contributed by atoms with van der Waals surface area (Å²) in [6.45, 7) is 0.597. The Hall–Kier alpha value is -3.73. The molecule has 0 spiro atoms. The number of aromatic nitrogens is 2. The Bertz CT molecular complexity index is 1110. The number of methoxy groups -OCH3 is 2. The van der Waals surface area contributed by atoms with Gasteiger partial charge in [-0.25, -0.2) is 4.68 Å². The summed E-state index contributed by atoms with van der Waals surface area (Å²) >= 11 is 0. The Morgan fingerprint density at radius 2 is 1.45 bits per heavy atom. The molecule has 0 fully saturated rings. The van der Waals surface area contributed by atoms with Crippen LogP contribution in [0.3, 0.4) is 0 Å². The molecule has 0 saturated carbocycles. The van der Waals surface area contributed by atoms with E-state index in [0.29, 0.717) is 23.9 Å². The molecule has 1 aromatic heterocycles. The van der Waals surface area contributed by atoms with Crippen LogP contribution in [-0.4, -0.2) is 24.0 Å². The van der Waals surface area contributed by atoms with E-state index in [2.05, 4.69) is 12.1 Å². The van der Waals surface area contributed by atoms with E-state index in [0.717, 1.165) is 27.9 Å². The van der Waals surface area contributed by atoms with Gasteiger partial charge in [0.05, 0.1) is 26.3 Å². The van der Waals surface area contributed by atoms with Crippen LogP contribution in [0.5, 0.6) is 11.5 Å². The Balaban J connectivity index is 1.87. The van der Waals surface area contributed by atoms with Crippen molar-refractivity contribution in [3.8, 4) is 33.9 Å². The molecule has 146 valence electrons. The molecule has 5 heteroatoms. The van der Waals surface area contributed by atoms with Crippen LogP contribution in [0.2, 0.25) is 0 Å². The van der Waals surface area contributed by atoms with Crippen molar-refractivity contribution in [2.45, 2.75) is 6.54 Å². The van der Waals surface area contributed by atoms with Crippen LogP contribution in [0.4, 0.5) is 5.82 Å². The minimum absolute atomic E-state index is 0.597. The van der Waals surface area contributed by atoms with Crippen molar-refractivity contribution in [2.75, 3.05) is 20.0 Å². The molecule has 0 radical (unpaired) electrons. The monoisotopic (exact) mass is 385 g/mol. The molecule has 5 nitrogen and oxygen atoms in total. The second-order valence-electron chi connectivity index (χ2n) is 6.69. The van der Waals surface area contributed by atoms with E-state index in [1.165, 1.54) is 0 Å².